The van der Waals surface area contributed by atoms with E-state index in [0.717, 1.165) is 37.3 Å². The summed E-state index contributed by atoms with van der Waals surface area (Å²) in [4.78, 5) is 13.8. The number of rotatable bonds is 7. The fraction of sp³-hybridized carbons (Fsp3) is 0.688. The van der Waals surface area contributed by atoms with Gasteiger partial charge in [-0.2, -0.15) is 0 Å². The number of aryl methyl sites for hydroxylation is 1. The van der Waals surface area contributed by atoms with Crippen LogP contribution in [0.25, 0.3) is 0 Å². The number of ether oxygens (including phenoxy) is 1. The Labute approximate surface area is 143 Å². The van der Waals surface area contributed by atoms with Gasteiger partial charge in [-0.3, -0.25) is 4.90 Å². The molecule has 1 aliphatic rings. The van der Waals surface area contributed by atoms with Crippen molar-refractivity contribution in [3.63, 3.8) is 0 Å². The molecule has 0 bridgehead atoms. The van der Waals surface area contributed by atoms with Crippen LogP contribution >= 0.6 is 0 Å². The van der Waals surface area contributed by atoms with Crippen LogP contribution in [-0.4, -0.2) is 51.3 Å². The van der Waals surface area contributed by atoms with E-state index in [-0.39, 0.29) is 17.6 Å². The highest BCUT2D eigenvalue weighted by Gasteiger charge is 2.24. The third-order valence-corrected chi connectivity index (χ3v) is 5.76. The zero-order chi connectivity index (χ0) is 17.7. The number of furan rings is 1. The fourth-order valence-electron chi connectivity index (χ4n) is 2.93. The summed E-state index contributed by atoms with van der Waals surface area (Å²) in [6, 6.07) is 1.85. The van der Waals surface area contributed by atoms with Crippen molar-refractivity contribution in [2.75, 3.05) is 26.0 Å². The summed E-state index contributed by atoms with van der Waals surface area (Å²) < 4.78 is 36.7. The third kappa shape index (κ3) is 5.06. The lowest BCUT2D eigenvalue weighted by Crippen LogP contribution is -2.44. The number of carbonyl (C=O) groups is 1. The summed E-state index contributed by atoms with van der Waals surface area (Å²) in [6.07, 6.45) is 2.16. The molecule has 0 unspecified atom stereocenters. The summed E-state index contributed by atoms with van der Waals surface area (Å²) in [5.74, 6) is 0.672. The number of carbonyl (C=O) groups excluding carboxylic acids is 1. The van der Waals surface area contributed by atoms with Gasteiger partial charge in [0.2, 0.25) is 15.8 Å². The van der Waals surface area contributed by atoms with Gasteiger partial charge in [0.05, 0.1) is 19.4 Å². The third-order valence-electron chi connectivity index (χ3n) is 4.13. The monoisotopic (exact) mass is 358 g/mol. The zero-order valence-electron chi connectivity index (χ0n) is 14.5. The van der Waals surface area contributed by atoms with Crippen LogP contribution in [0.3, 0.4) is 0 Å². The minimum atomic E-state index is -3.16. The Balaban J connectivity index is 1.86. The van der Waals surface area contributed by atoms with Crippen molar-refractivity contribution in [2.24, 2.45) is 0 Å². The Morgan fingerprint density at radius 3 is 2.67 bits per heavy atom. The van der Waals surface area contributed by atoms with Crippen molar-refractivity contribution in [2.45, 2.75) is 45.7 Å². The minimum Gasteiger partial charge on any atom is -0.463 e. The van der Waals surface area contributed by atoms with Gasteiger partial charge in [0.25, 0.3) is 0 Å². The number of sulfonamides is 1. The van der Waals surface area contributed by atoms with Crippen LogP contribution in [0.15, 0.2) is 10.5 Å². The predicted molar refractivity (Wildman–Crippen MR) is 90.3 cm³/mol. The molecule has 8 heteroatoms. The van der Waals surface area contributed by atoms with Crippen LogP contribution in [0.1, 0.15) is 48.1 Å². The van der Waals surface area contributed by atoms with Crippen LogP contribution in [0.4, 0.5) is 0 Å². The van der Waals surface area contributed by atoms with Crippen molar-refractivity contribution < 1.29 is 22.4 Å². The molecule has 1 N–H and O–H groups in total. The quantitative estimate of drug-likeness (QED) is 0.746. The second kappa shape index (κ2) is 8.13. The Morgan fingerprint density at radius 1 is 1.42 bits per heavy atom. The fourth-order valence-corrected chi connectivity index (χ4v) is 4.33. The first-order valence-corrected chi connectivity index (χ1v) is 9.90. The molecule has 0 saturated carbocycles. The van der Waals surface area contributed by atoms with Crippen molar-refractivity contribution in [3.8, 4) is 0 Å². The number of likely N-dealkylation sites (tertiary alicyclic amines) is 1. The topological polar surface area (TPSA) is 88.9 Å². The largest absolute Gasteiger partial charge is 0.463 e. The van der Waals surface area contributed by atoms with Gasteiger partial charge in [0, 0.05) is 24.7 Å². The number of methoxy groups -OCH3 is 1. The SMILES string of the molecule is CCCS(=O)(=O)NC1CCN(Cc2cc(C)c(C(=O)OC)o2)CC1. The summed E-state index contributed by atoms with van der Waals surface area (Å²) in [5.41, 5.74) is 0.763. The molecule has 0 aromatic carbocycles. The second-order valence-electron chi connectivity index (χ2n) is 6.20. The first kappa shape index (κ1) is 19.0. The Bertz CT molecular complexity index is 660. The molecule has 2 rings (SSSR count). The van der Waals surface area contributed by atoms with E-state index in [1.807, 2.05) is 19.9 Å². The minimum absolute atomic E-state index is 0.00164. The van der Waals surface area contributed by atoms with Crippen molar-refractivity contribution >= 4 is 16.0 Å². The number of hydrogen-bond acceptors (Lipinski definition) is 6. The molecule has 24 heavy (non-hydrogen) atoms. The summed E-state index contributed by atoms with van der Waals surface area (Å²) in [5, 5.41) is 0. The second-order valence-corrected chi connectivity index (χ2v) is 8.08. The molecule has 0 atom stereocenters. The first-order valence-electron chi connectivity index (χ1n) is 8.24. The maximum absolute atomic E-state index is 11.8. The van der Waals surface area contributed by atoms with Gasteiger partial charge >= 0.3 is 5.97 Å². The van der Waals surface area contributed by atoms with E-state index in [1.54, 1.807) is 0 Å². The number of nitrogens with one attached hydrogen (secondary N) is 1. The lowest BCUT2D eigenvalue weighted by atomic mass is 10.1. The Hall–Kier alpha value is -1.38. The first-order chi connectivity index (χ1) is 11.3. The maximum Gasteiger partial charge on any atom is 0.374 e. The standard InChI is InChI=1S/C16H26N2O5S/c1-4-9-24(20,21)17-13-5-7-18(8-6-13)11-14-10-12(2)15(23-14)16(19)22-3/h10,13,17H,4-9,11H2,1-3H3. The molecule has 1 aromatic heterocycles. The zero-order valence-corrected chi connectivity index (χ0v) is 15.3. The molecule has 0 aliphatic carbocycles. The Morgan fingerprint density at radius 2 is 2.08 bits per heavy atom. The normalized spacial score (nSPS) is 17.1. The van der Waals surface area contributed by atoms with Gasteiger partial charge in [-0.1, -0.05) is 6.92 Å². The molecule has 1 fully saturated rings. The molecule has 0 spiro atoms. The number of nitrogens with zero attached hydrogens (tertiary/aromatic N) is 1. The van der Waals surface area contributed by atoms with Crippen LogP contribution < -0.4 is 4.72 Å². The van der Waals surface area contributed by atoms with E-state index in [2.05, 4.69) is 14.4 Å². The Kier molecular flexibility index (Phi) is 6.42. The smallest absolute Gasteiger partial charge is 0.374 e. The van der Waals surface area contributed by atoms with Gasteiger partial charge in [0.15, 0.2) is 0 Å². The number of piperidine rings is 1. The average Bonchev–Trinajstić information content (AvgIpc) is 2.88. The highest BCUT2D eigenvalue weighted by atomic mass is 32.2. The molecular formula is C16H26N2O5S. The van der Waals surface area contributed by atoms with Crippen LogP contribution in [0, 0.1) is 6.92 Å². The van der Waals surface area contributed by atoms with Crippen molar-refractivity contribution in [3.05, 3.63) is 23.2 Å². The molecule has 2 heterocycles. The van der Waals surface area contributed by atoms with Crippen LogP contribution in [0.5, 0.6) is 0 Å². The van der Waals surface area contributed by atoms with Gasteiger partial charge in [-0.25, -0.2) is 17.9 Å². The van der Waals surface area contributed by atoms with E-state index in [0.29, 0.717) is 13.0 Å². The molecular weight excluding hydrogens is 332 g/mol. The molecule has 7 nitrogen and oxygen atoms in total. The van der Waals surface area contributed by atoms with Crippen LogP contribution in [-0.2, 0) is 21.3 Å². The maximum atomic E-state index is 11.8. The van der Waals surface area contributed by atoms with Crippen molar-refractivity contribution in [1.29, 1.82) is 0 Å². The predicted octanol–water partition coefficient (Wildman–Crippen LogP) is 1.67. The van der Waals surface area contributed by atoms with E-state index in [9.17, 15) is 13.2 Å². The lowest BCUT2D eigenvalue weighted by Gasteiger charge is -2.31. The highest BCUT2D eigenvalue weighted by molar-refractivity contribution is 7.89. The molecule has 1 saturated heterocycles. The lowest BCUT2D eigenvalue weighted by molar-refractivity contribution is 0.0559. The van der Waals surface area contributed by atoms with Gasteiger partial charge in [-0.15, -0.1) is 0 Å². The van der Waals surface area contributed by atoms with E-state index < -0.39 is 16.0 Å². The summed E-state index contributed by atoms with van der Waals surface area (Å²) >= 11 is 0. The number of esters is 1. The van der Waals surface area contributed by atoms with E-state index in [1.165, 1.54) is 7.11 Å². The highest BCUT2D eigenvalue weighted by Crippen LogP contribution is 2.20. The molecule has 136 valence electrons. The molecule has 1 aliphatic heterocycles. The number of hydrogen-bond donors (Lipinski definition) is 1. The van der Waals surface area contributed by atoms with Gasteiger partial charge in [-0.05, 0) is 32.3 Å². The molecule has 0 amide bonds. The van der Waals surface area contributed by atoms with E-state index in [4.69, 9.17) is 4.42 Å². The summed E-state index contributed by atoms with van der Waals surface area (Å²) in [7, 11) is -1.83. The van der Waals surface area contributed by atoms with E-state index >= 15 is 0 Å². The molecule has 1 aromatic rings. The van der Waals surface area contributed by atoms with Crippen LogP contribution in [0.2, 0.25) is 0 Å². The molecule has 0 radical (unpaired) electrons. The summed E-state index contributed by atoms with van der Waals surface area (Å²) in [6.45, 7) is 5.84. The van der Waals surface area contributed by atoms with Gasteiger partial charge < -0.3 is 9.15 Å². The van der Waals surface area contributed by atoms with Gasteiger partial charge in [0.1, 0.15) is 5.76 Å². The van der Waals surface area contributed by atoms with Crippen molar-refractivity contribution in [1.82, 2.24) is 9.62 Å². The average molecular weight is 358 g/mol.